The van der Waals surface area contributed by atoms with Gasteiger partial charge in [0.1, 0.15) is 5.75 Å². The second-order valence-corrected chi connectivity index (χ2v) is 10.3. The van der Waals surface area contributed by atoms with E-state index < -0.39 is 20.0 Å². The van der Waals surface area contributed by atoms with Gasteiger partial charge in [0.25, 0.3) is 0 Å². The van der Waals surface area contributed by atoms with Gasteiger partial charge in [-0.2, -0.15) is 0 Å². The fraction of sp³-hybridized carbons (Fsp3) is 0.625. The molecule has 142 valence electrons. The Morgan fingerprint density at radius 3 is 2.24 bits per heavy atom. The molecule has 0 aliphatic carbocycles. The van der Waals surface area contributed by atoms with Crippen LogP contribution in [0.25, 0.3) is 0 Å². The summed E-state index contributed by atoms with van der Waals surface area (Å²) in [5.74, 6) is 0.945. The zero-order chi connectivity index (χ0) is 18.5. The predicted octanol–water partition coefficient (Wildman–Crippen LogP) is 0.829. The minimum atomic E-state index is -3.35. The number of benzene rings is 1. The number of aryl methyl sites for hydroxylation is 1. The third kappa shape index (κ3) is 6.58. The Balaban J connectivity index is 1.76. The number of hydrogen-bond donors (Lipinski definition) is 1. The van der Waals surface area contributed by atoms with Crippen LogP contribution in [0.4, 0.5) is 0 Å². The van der Waals surface area contributed by atoms with Crippen LogP contribution in [0.15, 0.2) is 24.3 Å². The molecule has 1 saturated heterocycles. The van der Waals surface area contributed by atoms with Gasteiger partial charge in [-0.25, -0.2) is 25.9 Å². The molecule has 1 aromatic carbocycles. The maximum absolute atomic E-state index is 12.2. The van der Waals surface area contributed by atoms with Crippen LogP contribution in [0.1, 0.15) is 18.4 Å². The van der Waals surface area contributed by atoms with E-state index in [1.807, 2.05) is 24.3 Å². The van der Waals surface area contributed by atoms with E-state index >= 15 is 0 Å². The molecular weight excluding hydrogens is 364 g/mol. The van der Waals surface area contributed by atoms with E-state index in [1.54, 1.807) is 7.11 Å². The van der Waals surface area contributed by atoms with Gasteiger partial charge in [0.05, 0.1) is 19.1 Å². The maximum atomic E-state index is 12.2. The highest BCUT2D eigenvalue weighted by molar-refractivity contribution is 7.89. The van der Waals surface area contributed by atoms with Crippen LogP contribution in [0.5, 0.6) is 5.75 Å². The van der Waals surface area contributed by atoms with Crippen molar-refractivity contribution in [3.05, 3.63) is 29.8 Å². The molecule has 25 heavy (non-hydrogen) atoms. The first-order chi connectivity index (χ1) is 11.7. The zero-order valence-electron chi connectivity index (χ0n) is 14.6. The highest BCUT2D eigenvalue weighted by Crippen LogP contribution is 2.18. The summed E-state index contributed by atoms with van der Waals surface area (Å²) < 4.78 is 56.4. The summed E-state index contributed by atoms with van der Waals surface area (Å²) >= 11 is 0. The first kappa shape index (κ1) is 20.2. The number of nitrogens with zero attached hydrogens (tertiary/aromatic N) is 1. The molecular formula is C16H26N2O5S2. The lowest BCUT2D eigenvalue weighted by Crippen LogP contribution is -2.41. The minimum absolute atomic E-state index is 0.0293. The van der Waals surface area contributed by atoms with Crippen molar-refractivity contribution in [2.24, 2.45) is 5.92 Å². The van der Waals surface area contributed by atoms with Gasteiger partial charge in [-0.05, 0) is 42.9 Å². The maximum Gasteiger partial charge on any atom is 0.211 e. The number of ether oxygens (including phenoxy) is 1. The second kappa shape index (κ2) is 8.48. The van der Waals surface area contributed by atoms with E-state index in [-0.39, 0.29) is 11.7 Å². The first-order valence-corrected chi connectivity index (χ1v) is 11.7. The average molecular weight is 391 g/mol. The highest BCUT2D eigenvalue weighted by Gasteiger charge is 2.25. The molecule has 0 bridgehead atoms. The fourth-order valence-corrected chi connectivity index (χ4v) is 4.82. The van der Waals surface area contributed by atoms with Gasteiger partial charge in [0.2, 0.25) is 20.0 Å². The molecule has 1 N–H and O–H groups in total. The van der Waals surface area contributed by atoms with E-state index in [0.29, 0.717) is 38.9 Å². The molecule has 1 aliphatic rings. The van der Waals surface area contributed by atoms with Gasteiger partial charge in [-0.3, -0.25) is 0 Å². The monoisotopic (exact) mass is 390 g/mol. The SMILES string of the molecule is COc1ccc(CCS(=O)(=O)NCC2CCN(S(C)(=O)=O)CC2)cc1. The van der Waals surface area contributed by atoms with E-state index in [0.717, 1.165) is 11.3 Å². The molecule has 1 heterocycles. The number of rotatable bonds is 8. The Hall–Kier alpha value is -1.16. The molecule has 0 radical (unpaired) electrons. The summed E-state index contributed by atoms with van der Waals surface area (Å²) in [4.78, 5) is 0. The number of sulfonamides is 2. The molecule has 7 nitrogen and oxygen atoms in total. The van der Waals surface area contributed by atoms with Crippen LogP contribution in [-0.2, 0) is 26.5 Å². The lowest BCUT2D eigenvalue weighted by molar-refractivity contribution is 0.275. The quantitative estimate of drug-likeness (QED) is 0.710. The topological polar surface area (TPSA) is 92.8 Å². The van der Waals surface area contributed by atoms with Gasteiger partial charge >= 0.3 is 0 Å². The van der Waals surface area contributed by atoms with Crippen LogP contribution in [0.3, 0.4) is 0 Å². The van der Waals surface area contributed by atoms with Gasteiger partial charge < -0.3 is 4.74 Å². The van der Waals surface area contributed by atoms with Crippen molar-refractivity contribution < 1.29 is 21.6 Å². The van der Waals surface area contributed by atoms with Crippen LogP contribution in [0, 0.1) is 5.92 Å². The van der Waals surface area contributed by atoms with Crippen molar-refractivity contribution in [3.8, 4) is 5.75 Å². The summed E-state index contributed by atoms with van der Waals surface area (Å²) in [7, 11) is -4.91. The van der Waals surface area contributed by atoms with E-state index in [1.165, 1.54) is 10.6 Å². The van der Waals surface area contributed by atoms with Gasteiger partial charge in [0.15, 0.2) is 0 Å². The summed E-state index contributed by atoms with van der Waals surface area (Å²) in [5, 5.41) is 0. The van der Waals surface area contributed by atoms with Crippen molar-refractivity contribution in [1.29, 1.82) is 0 Å². The van der Waals surface area contributed by atoms with E-state index in [9.17, 15) is 16.8 Å². The number of methoxy groups -OCH3 is 1. The number of piperidine rings is 1. The Morgan fingerprint density at radius 2 is 1.72 bits per heavy atom. The van der Waals surface area contributed by atoms with E-state index in [2.05, 4.69) is 4.72 Å². The fourth-order valence-electron chi connectivity index (χ4n) is 2.81. The van der Waals surface area contributed by atoms with Crippen LogP contribution < -0.4 is 9.46 Å². The van der Waals surface area contributed by atoms with Gasteiger partial charge in [-0.1, -0.05) is 12.1 Å². The molecule has 0 atom stereocenters. The van der Waals surface area contributed by atoms with Gasteiger partial charge in [-0.15, -0.1) is 0 Å². The molecule has 2 rings (SSSR count). The minimum Gasteiger partial charge on any atom is -0.497 e. The van der Waals surface area contributed by atoms with Crippen LogP contribution >= 0.6 is 0 Å². The molecule has 9 heteroatoms. The zero-order valence-corrected chi connectivity index (χ0v) is 16.3. The standard InChI is InChI=1S/C16H26N2O5S2/c1-23-16-5-3-14(4-6-16)9-12-25(21,22)17-13-15-7-10-18(11-8-15)24(2,19)20/h3-6,15,17H,7-13H2,1-2H3. The molecule has 1 fully saturated rings. The van der Waals surface area contributed by atoms with Crippen LogP contribution in [-0.4, -0.2) is 59.9 Å². The van der Waals surface area contributed by atoms with E-state index in [4.69, 9.17) is 4.74 Å². The average Bonchev–Trinajstić information content (AvgIpc) is 2.58. The number of hydrogen-bond acceptors (Lipinski definition) is 5. The van der Waals surface area contributed by atoms with Crippen molar-refractivity contribution in [2.75, 3.05) is 38.8 Å². The molecule has 0 amide bonds. The summed E-state index contributed by atoms with van der Waals surface area (Å²) in [6.45, 7) is 1.27. The molecule has 0 aromatic heterocycles. The lowest BCUT2D eigenvalue weighted by Gasteiger charge is -2.30. The summed E-state index contributed by atoms with van der Waals surface area (Å²) in [5.41, 5.74) is 0.938. The normalized spacial score (nSPS) is 17.5. The van der Waals surface area contributed by atoms with Crippen molar-refractivity contribution in [1.82, 2.24) is 9.03 Å². The molecule has 0 unspecified atom stereocenters. The highest BCUT2D eigenvalue weighted by atomic mass is 32.2. The third-order valence-corrected chi connectivity index (χ3v) is 7.10. The Kier molecular flexibility index (Phi) is 6.84. The third-order valence-electron chi connectivity index (χ3n) is 4.45. The first-order valence-electron chi connectivity index (χ1n) is 8.25. The molecule has 0 spiro atoms. The summed E-state index contributed by atoms with van der Waals surface area (Å²) in [6, 6.07) is 7.33. The molecule has 1 aliphatic heterocycles. The van der Waals surface area contributed by atoms with Crippen molar-refractivity contribution in [2.45, 2.75) is 19.3 Å². The lowest BCUT2D eigenvalue weighted by atomic mass is 9.99. The number of nitrogens with one attached hydrogen (secondary N) is 1. The molecule has 1 aromatic rings. The Labute approximate surface area is 150 Å². The second-order valence-electron chi connectivity index (χ2n) is 6.37. The summed E-state index contributed by atoms with van der Waals surface area (Å²) in [6.07, 6.45) is 2.99. The largest absolute Gasteiger partial charge is 0.497 e. The molecule has 0 saturated carbocycles. The van der Waals surface area contributed by atoms with Crippen LogP contribution in [0.2, 0.25) is 0 Å². The van der Waals surface area contributed by atoms with Crippen molar-refractivity contribution in [3.63, 3.8) is 0 Å². The smallest absolute Gasteiger partial charge is 0.211 e. The van der Waals surface area contributed by atoms with Crippen molar-refractivity contribution >= 4 is 20.0 Å². The Morgan fingerprint density at radius 1 is 1.12 bits per heavy atom. The van der Waals surface area contributed by atoms with Gasteiger partial charge in [0, 0.05) is 19.6 Å². The Bertz CT molecular complexity index is 752. The predicted molar refractivity (Wildman–Crippen MR) is 97.6 cm³/mol.